The lowest BCUT2D eigenvalue weighted by Gasteiger charge is -2.23. The van der Waals surface area contributed by atoms with Crippen LogP contribution in [0.4, 0.5) is 5.69 Å². The number of hydrogen-bond acceptors (Lipinski definition) is 4. The molecule has 2 N–H and O–H groups in total. The zero-order chi connectivity index (χ0) is 18.0. The molecule has 1 aromatic carbocycles. The number of aromatic nitrogens is 1. The predicted molar refractivity (Wildman–Crippen MR) is 110 cm³/mol. The van der Waals surface area contributed by atoms with Crippen LogP contribution < -0.4 is 15.4 Å². The van der Waals surface area contributed by atoms with Gasteiger partial charge < -0.3 is 15.4 Å². The molecule has 0 spiro atoms. The molecule has 1 aromatic heterocycles. The highest BCUT2D eigenvalue weighted by Crippen LogP contribution is 2.27. The van der Waals surface area contributed by atoms with Crippen molar-refractivity contribution in [3.05, 3.63) is 30.5 Å². The van der Waals surface area contributed by atoms with Crippen LogP contribution in [0.15, 0.2) is 30.5 Å². The van der Waals surface area contributed by atoms with Crippen molar-refractivity contribution in [2.24, 2.45) is 0 Å². The summed E-state index contributed by atoms with van der Waals surface area (Å²) in [5.41, 5.74) is 2.09. The molecule has 0 saturated carbocycles. The van der Waals surface area contributed by atoms with Gasteiger partial charge in [-0.2, -0.15) is 0 Å². The van der Waals surface area contributed by atoms with Gasteiger partial charge in [-0.25, -0.2) is 0 Å². The first-order valence-electron chi connectivity index (χ1n) is 10.3. The molecular weight excluding hydrogens is 322 g/mol. The van der Waals surface area contributed by atoms with Crippen molar-refractivity contribution in [3.63, 3.8) is 0 Å². The Bertz CT molecular complexity index is 667. The van der Waals surface area contributed by atoms with Crippen LogP contribution in [0.5, 0.6) is 5.75 Å². The third-order valence-electron chi connectivity index (χ3n) is 5.37. The maximum atomic E-state index is 5.41. The highest BCUT2D eigenvalue weighted by molar-refractivity contribution is 5.91. The molecule has 3 rings (SSSR count). The van der Waals surface area contributed by atoms with Gasteiger partial charge in [0.05, 0.1) is 18.3 Å². The standard InChI is InChI=1S/C22H33N3O/c1-26-20-16-18-10-9-15-25-22(18)21(17-20)24-14-7-4-2-3-5-11-19-12-6-8-13-23-19/h9-10,15-17,19,23-24H,2-8,11-14H2,1H3/t19-/m0/s1. The van der Waals surface area contributed by atoms with E-state index in [1.165, 1.54) is 64.3 Å². The molecule has 4 heteroatoms. The number of pyridine rings is 1. The molecule has 1 fully saturated rings. The fourth-order valence-corrected chi connectivity index (χ4v) is 3.86. The molecule has 0 aliphatic carbocycles. The van der Waals surface area contributed by atoms with Crippen molar-refractivity contribution in [2.75, 3.05) is 25.5 Å². The first-order chi connectivity index (χ1) is 12.9. The normalized spacial score (nSPS) is 17.3. The van der Waals surface area contributed by atoms with E-state index in [0.717, 1.165) is 34.9 Å². The van der Waals surface area contributed by atoms with Crippen LogP contribution in [0.2, 0.25) is 0 Å². The van der Waals surface area contributed by atoms with E-state index in [9.17, 15) is 0 Å². The second kappa shape index (κ2) is 10.4. The maximum Gasteiger partial charge on any atom is 0.121 e. The topological polar surface area (TPSA) is 46.2 Å². The molecule has 1 atom stereocenters. The minimum atomic E-state index is 0.791. The molecule has 1 saturated heterocycles. The number of hydrogen-bond donors (Lipinski definition) is 2. The largest absolute Gasteiger partial charge is 0.497 e. The van der Waals surface area contributed by atoms with E-state index >= 15 is 0 Å². The van der Waals surface area contributed by atoms with E-state index in [0.29, 0.717) is 0 Å². The fourth-order valence-electron chi connectivity index (χ4n) is 3.86. The van der Waals surface area contributed by atoms with E-state index in [1.54, 1.807) is 7.11 Å². The minimum Gasteiger partial charge on any atom is -0.497 e. The van der Waals surface area contributed by atoms with E-state index < -0.39 is 0 Å². The summed E-state index contributed by atoms with van der Waals surface area (Å²) >= 11 is 0. The smallest absolute Gasteiger partial charge is 0.121 e. The molecule has 0 radical (unpaired) electrons. The Labute approximate surface area is 157 Å². The monoisotopic (exact) mass is 355 g/mol. The van der Waals surface area contributed by atoms with Crippen molar-refractivity contribution in [2.45, 2.75) is 63.8 Å². The first-order valence-corrected chi connectivity index (χ1v) is 10.3. The highest BCUT2D eigenvalue weighted by atomic mass is 16.5. The molecule has 2 aromatic rings. The zero-order valence-electron chi connectivity index (χ0n) is 16.1. The van der Waals surface area contributed by atoms with Crippen LogP contribution >= 0.6 is 0 Å². The number of piperidine rings is 1. The van der Waals surface area contributed by atoms with Gasteiger partial charge >= 0.3 is 0 Å². The Balaban J connectivity index is 1.34. The van der Waals surface area contributed by atoms with Crippen molar-refractivity contribution in [1.29, 1.82) is 0 Å². The summed E-state index contributed by atoms with van der Waals surface area (Å²) in [5.74, 6) is 0.879. The van der Waals surface area contributed by atoms with E-state index in [4.69, 9.17) is 4.74 Å². The summed E-state index contributed by atoms with van der Waals surface area (Å²) in [6.45, 7) is 2.22. The zero-order valence-corrected chi connectivity index (χ0v) is 16.1. The van der Waals surface area contributed by atoms with Gasteiger partial charge in [0.1, 0.15) is 5.75 Å². The summed E-state index contributed by atoms with van der Waals surface area (Å²) < 4.78 is 5.41. The number of methoxy groups -OCH3 is 1. The molecule has 0 unspecified atom stereocenters. The number of anilines is 1. The van der Waals surface area contributed by atoms with Crippen LogP contribution in [0.1, 0.15) is 57.8 Å². The summed E-state index contributed by atoms with van der Waals surface area (Å²) in [6.07, 6.45) is 13.9. The van der Waals surface area contributed by atoms with Crippen LogP contribution in [-0.2, 0) is 0 Å². The summed E-state index contributed by atoms with van der Waals surface area (Å²) in [7, 11) is 1.71. The van der Waals surface area contributed by atoms with Crippen LogP contribution in [0, 0.1) is 0 Å². The molecule has 2 heterocycles. The second-order valence-electron chi connectivity index (χ2n) is 7.38. The molecule has 4 nitrogen and oxygen atoms in total. The number of nitrogens with zero attached hydrogens (tertiary/aromatic N) is 1. The number of ether oxygens (including phenoxy) is 1. The third kappa shape index (κ3) is 5.60. The number of unbranched alkanes of at least 4 members (excludes halogenated alkanes) is 4. The van der Waals surface area contributed by atoms with Crippen molar-refractivity contribution >= 4 is 16.6 Å². The molecule has 1 aliphatic rings. The average Bonchev–Trinajstić information content (AvgIpc) is 2.70. The fraction of sp³-hybridized carbons (Fsp3) is 0.591. The number of rotatable bonds is 10. The number of fused-ring (bicyclic) bond motifs is 1. The van der Waals surface area contributed by atoms with E-state index in [2.05, 4.69) is 21.7 Å². The van der Waals surface area contributed by atoms with E-state index in [-0.39, 0.29) is 0 Å². The molecule has 0 amide bonds. The van der Waals surface area contributed by atoms with Crippen molar-refractivity contribution in [1.82, 2.24) is 10.3 Å². The van der Waals surface area contributed by atoms with Crippen molar-refractivity contribution < 1.29 is 4.74 Å². The number of benzene rings is 1. The highest BCUT2D eigenvalue weighted by Gasteiger charge is 2.11. The minimum absolute atomic E-state index is 0.791. The SMILES string of the molecule is COc1cc(NCCCCCCC[C@H]2CCCCN2)c2ncccc2c1. The van der Waals surface area contributed by atoms with Crippen LogP contribution in [0.25, 0.3) is 10.9 Å². The van der Waals surface area contributed by atoms with Crippen LogP contribution in [0.3, 0.4) is 0 Å². The van der Waals surface area contributed by atoms with Gasteiger partial charge in [0.2, 0.25) is 0 Å². The van der Waals surface area contributed by atoms with Gasteiger partial charge in [-0.3, -0.25) is 4.98 Å². The van der Waals surface area contributed by atoms with E-state index in [1.807, 2.05) is 24.4 Å². The van der Waals surface area contributed by atoms with Gasteiger partial charge in [0.15, 0.2) is 0 Å². The summed E-state index contributed by atoms with van der Waals surface area (Å²) in [4.78, 5) is 4.52. The average molecular weight is 356 g/mol. The van der Waals surface area contributed by atoms with Gasteiger partial charge in [-0.05, 0) is 44.4 Å². The van der Waals surface area contributed by atoms with Gasteiger partial charge in [-0.1, -0.05) is 38.2 Å². The Morgan fingerprint density at radius 2 is 2.04 bits per heavy atom. The molecule has 1 aliphatic heterocycles. The summed E-state index contributed by atoms with van der Waals surface area (Å²) in [5, 5.41) is 8.32. The number of nitrogens with one attached hydrogen (secondary N) is 2. The Hall–Kier alpha value is -1.81. The molecule has 26 heavy (non-hydrogen) atoms. The maximum absolute atomic E-state index is 5.41. The lowest BCUT2D eigenvalue weighted by Crippen LogP contribution is -2.33. The van der Waals surface area contributed by atoms with Gasteiger partial charge in [0.25, 0.3) is 0 Å². The second-order valence-corrected chi connectivity index (χ2v) is 7.38. The quantitative estimate of drug-likeness (QED) is 0.579. The van der Waals surface area contributed by atoms with Gasteiger partial charge in [0, 0.05) is 30.2 Å². The van der Waals surface area contributed by atoms with Gasteiger partial charge in [-0.15, -0.1) is 0 Å². The summed E-state index contributed by atoms with van der Waals surface area (Å²) in [6, 6.07) is 8.92. The predicted octanol–water partition coefficient (Wildman–Crippen LogP) is 5.14. The third-order valence-corrected chi connectivity index (χ3v) is 5.37. The Morgan fingerprint density at radius 1 is 1.15 bits per heavy atom. The lowest BCUT2D eigenvalue weighted by molar-refractivity contribution is 0.370. The Kier molecular flexibility index (Phi) is 7.56. The van der Waals surface area contributed by atoms with Crippen molar-refractivity contribution in [3.8, 4) is 5.75 Å². The first kappa shape index (κ1) is 19.0. The van der Waals surface area contributed by atoms with Crippen LogP contribution in [-0.4, -0.2) is 31.2 Å². The lowest BCUT2D eigenvalue weighted by atomic mass is 9.99. The Morgan fingerprint density at radius 3 is 2.88 bits per heavy atom. The molecule has 0 bridgehead atoms. The molecular formula is C22H33N3O. The molecule has 142 valence electrons.